The number of hydrogen-bond acceptors (Lipinski definition) is 2. The first-order chi connectivity index (χ1) is 7.34. The van der Waals surface area contributed by atoms with E-state index in [1.807, 2.05) is 0 Å². The Morgan fingerprint density at radius 3 is 2.27 bits per heavy atom. The molecule has 15 heavy (non-hydrogen) atoms. The molecule has 0 radical (unpaired) electrons. The van der Waals surface area contributed by atoms with Crippen LogP contribution in [0.25, 0.3) is 0 Å². The molecule has 3 heteroatoms. The van der Waals surface area contributed by atoms with E-state index in [2.05, 4.69) is 10.6 Å². The van der Waals surface area contributed by atoms with E-state index in [-0.39, 0.29) is 11.9 Å². The number of nitrogens with one attached hydrogen (secondary N) is 2. The summed E-state index contributed by atoms with van der Waals surface area (Å²) in [4.78, 5) is 11.9. The highest BCUT2D eigenvalue weighted by molar-refractivity contribution is 5.82. The Kier molecular flexibility index (Phi) is 2.43. The molecular weight excluding hydrogens is 188 g/mol. The molecule has 1 heterocycles. The second-order valence-electron chi connectivity index (χ2n) is 5.36. The van der Waals surface area contributed by atoms with Gasteiger partial charge in [0.05, 0.1) is 6.04 Å². The molecule has 0 aromatic rings. The predicted octanol–water partition coefficient (Wildman–Crippen LogP) is 1.04. The van der Waals surface area contributed by atoms with Crippen molar-refractivity contribution in [1.29, 1.82) is 0 Å². The molecule has 2 saturated carbocycles. The Bertz CT molecular complexity index is 240. The normalized spacial score (nSPS) is 30.9. The van der Waals surface area contributed by atoms with Gasteiger partial charge in [-0.1, -0.05) is 0 Å². The molecule has 2 aliphatic carbocycles. The van der Waals surface area contributed by atoms with Crippen molar-refractivity contribution in [1.82, 2.24) is 10.6 Å². The maximum Gasteiger partial charge on any atom is 0.237 e. The Labute approximate surface area is 91.0 Å². The van der Waals surface area contributed by atoms with E-state index in [0.29, 0.717) is 6.04 Å². The van der Waals surface area contributed by atoms with E-state index in [0.717, 1.165) is 31.2 Å². The summed E-state index contributed by atoms with van der Waals surface area (Å²) in [5.74, 6) is 1.88. The maximum atomic E-state index is 11.9. The smallest absolute Gasteiger partial charge is 0.237 e. The van der Waals surface area contributed by atoms with E-state index >= 15 is 0 Å². The van der Waals surface area contributed by atoms with E-state index in [9.17, 15) is 4.79 Å². The summed E-state index contributed by atoms with van der Waals surface area (Å²) in [7, 11) is 0. The number of amides is 1. The van der Waals surface area contributed by atoms with Crippen LogP contribution >= 0.6 is 0 Å². The second kappa shape index (κ2) is 3.78. The molecule has 1 unspecified atom stereocenters. The third kappa shape index (κ3) is 2.17. The van der Waals surface area contributed by atoms with Crippen molar-refractivity contribution in [2.24, 2.45) is 11.8 Å². The fourth-order valence-electron chi connectivity index (χ4n) is 2.70. The van der Waals surface area contributed by atoms with Crippen molar-refractivity contribution in [3.8, 4) is 0 Å². The van der Waals surface area contributed by atoms with Crippen molar-refractivity contribution in [3.05, 3.63) is 0 Å². The topological polar surface area (TPSA) is 41.1 Å². The first-order valence-corrected chi connectivity index (χ1v) is 6.38. The molecule has 84 valence electrons. The Morgan fingerprint density at radius 2 is 1.80 bits per heavy atom. The number of carbonyl (C=O) groups is 1. The van der Waals surface area contributed by atoms with Crippen LogP contribution in [-0.2, 0) is 4.79 Å². The van der Waals surface area contributed by atoms with Crippen molar-refractivity contribution in [2.45, 2.75) is 50.6 Å². The van der Waals surface area contributed by atoms with Gasteiger partial charge in [0.1, 0.15) is 0 Å². The average molecular weight is 208 g/mol. The molecule has 1 aliphatic heterocycles. The average Bonchev–Trinajstić information content (AvgIpc) is 3.15. The summed E-state index contributed by atoms with van der Waals surface area (Å²) in [6, 6.07) is 0.616. The van der Waals surface area contributed by atoms with Gasteiger partial charge in [-0.25, -0.2) is 0 Å². The third-order valence-corrected chi connectivity index (χ3v) is 3.95. The Balaban J connectivity index is 1.55. The van der Waals surface area contributed by atoms with Gasteiger partial charge in [0.25, 0.3) is 0 Å². The molecule has 3 fully saturated rings. The van der Waals surface area contributed by atoms with E-state index in [1.165, 1.54) is 25.7 Å². The van der Waals surface area contributed by atoms with Crippen LogP contribution in [0.1, 0.15) is 38.5 Å². The molecule has 3 aliphatic rings. The van der Waals surface area contributed by atoms with Crippen LogP contribution in [-0.4, -0.2) is 24.5 Å². The van der Waals surface area contributed by atoms with Gasteiger partial charge in [0.2, 0.25) is 5.91 Å². The van der Waals surface area contributed by atoms with Crippen LogP contribution < -0.4 is 10.6 Å². The van der Waals surface area contributed by atoms with Gasteiger partial charge >= 0.3 is 0 Å². The van der Waals surface area contributed by atoms with Gasteiger partial charge in [-0.2, -0.15) is 0 Å². The highest BCUT2D eigenvalue weighted by Crippen LogP contribution is 2.44. The lowest BCUT2D eigenvalue weighted by Crippen LogP contribution is -2.46. The molecule has 1 amide bonds. The molecule has 2 N–H and O–H groups in total. The maximum absolute atomic E-state index is 11.9. The van der Waals surface area contributed by atoms with Crippen LogP contribution in [0.3, 0.4) is 0 Å². The van der Waals surface area contributed by atoms with Gasteiger partial charge in [-0.3, -0.25) is 4.79 Å². The fourth-order valence-corrected chi connectivity index (χ4v) is 2.70. The number of hydrogen-bond donors (Lipinski definition) is 2. The molecule has 3 nitrogen and oxygen atoms in total. The Morgan fingerprint density at radius 1 is 1.13 bits per heavy atom. The van der Waals surface area contributed by atoms with Gasteiger partial charge < -0.3 is 10.6 Å². The largest absolute Gasteiger partial charge is 0.351 e. The van der Waals surface area contributed by atoms with Crippen molar-refractivity contribution in [3.63, 3.8) is 0 Å². The lowest BCUT2D eigenvalue weighted by atomic mass is 10.1. The predicted molar refractivity (Wildman–Crippen MR) is 58.4 cm³/mol. The first kappa shape index (κ1) is 9.64. The van der Waals surface area contributed by atoms with E-state index < -0.39 is 0 Å². The minimum Gasteiger partial charge on any atom is -0.351 e. The Hall–Kier alpha value is -0.570. The monoisotopic (exact) mass is 208 g/mol. The third-order valence-electron chi connectivity index (χ3n) is 3.95. The summed E-state index contributed by atoms with van der Waals surface area (Å²) in [5.41, 5.74) is 0. The van der Waals surface area contributed by atoms with Crippen molar-refractivity contribution >= 4 is 5.91 Å². The lowest BCUT2D eigenvalue weighted by Gasteiger charge is -2.20. The molecule has 0 spiro atoms. The molecule has 3 rings (SSSR count). The zero-order valence-corrected chi connectivity index (χ0v) is 9.17. The summed E-state index contributed by atoms with van der Waals surface area (Å²) < 4.78 is 0. The van der Waals surface area contributed by atoms with Crippen LogP contribution in [0.15, 0.2) is 0 Å². The lowest BCUT2D eigenvalue weighted by molar-refractivity contribution is -0.123. The SMILES string of the molecule is O=C(NC(C1CC1)C1CC1)C1CCCN1. The summed E-state index contributed by atoms with van der Waals surface area (Å²) >= 11 is 0. The first-order valence-electron chi connectivity index (χ1n) is 6.38. The van der Waals surface area contributed by atoms with E-state index in [1.54, 1.807) is 0 Å². The zero-order valence-electron chi connectivity index (χ0n) is 9.17. The highest BCUT2D eigenvalue weighted by Gasteiger charge is 2.42. The molecule has 0 aromatic heterocycles. The van der Waals surface area contributed by atoms with Gasteiger partial charge in [0, 0.05) is 6.04 Å². The highest BCUT2D eigenvalue weighted by atomic mass is 16.2. The second-order valence-corrected chi connectivity index (χ2v) is 5.36. The standard InChI is InChI=1S/C12H20N2O/c15-12(10-2-1-7-13-10)14-11(8-3-4-8)9-5-6-9/h8-11,13H,1-7H2,(H,14,15). The summed E-state index contributed by atoms with van der Waals surface area (Å²) in [6.45, 7) is 1.01. The quantitative estimate of drug-likeness (QED) is 0.725. The van der Waals surface area contributed by atoms with Crippen LogP contribution in [0.2, 0.25) is 0 Å². The minimum absolute atomic E-state index is 0.102. The summed E-state index contributed by atoms with van der Waals surface area (Å²) in [6.07, 6.45) is 7.50. The fraction of sp³-hybridized carbons (Fsp3) is 0.917. The van der Waals surface area contributed by atoms with Crippen molar-refractivity contribution in [2.75, 3.05) is 6.54 Å². The number of rotatable bonds is 4. The van der Waals surface area contributed by atoms with Gasteiger partial charge in [0.15, 0.2) is 0 Å². The van der Waals surface area contributed by atoms with Gasteiger partial charge in [-0.05, 0) is 56.9 Å². The molecule has 0 aromatic carbocycles. The molecule has 1 saturated heterocycles. The van der Waals surface area contributed by atoms with Crippen LogP contribution in [0.4, 0.5) is 0 Å². The summed E-state index contributed by atoms with van der Waals surface area (Å²) in [5, 5.41) is 6.55. The van der Waals surface area contributed by atoms with Crippen LogP contribution in [0, 0.1) is 11.8 Å². The molecule has 1 atom stereocenters. The number of carbonyl (C=O) groups excluding carboxylic acids is 1. The minimum atomic E-state index is 0.102. The molecular formula is C12H20N2O. The zero-order chi connectivity index (χ0) is 10.3. The van der Waals surface area contributed by atoms with Crippen LogP contribution in [0.5, 0.6) is 0 Å². The van der Waals surface area contributed by atoms with Crippen molar-refractivity contribution < 1.29 is 4.79 Å². The molecule has 0 bridgehead atoms. The van der Waals surface area contributed by atoms with Gasteiger partial charge in [-0.15, -0.1) is 0 Å². The van der Waals surface area contributed by atoms with E-state index in [4.69, 9.17) is 0 Å².